The number of halogens is 2. The van der Waals surface area contributed by atoms with Gasteiger partial charge in [0.05, 0.1) is 40.9 Å². The van der Waals surface area contributed by atoms with Crippen LogP contribution in [0.15, 0.2) is 47.4 Å². The summed E-state index contributed by atoms with van der Waals surface area (Å²) in [6.07, 6.45) is 3.20. The van der Waals surface area contributed by atoms with Gasteiger partial charge in [-0.1, -0.05) is 0 Å². The lowest BCUT2D eigenvalue weighted by molar-refractivity contribution is 0.141. The minimum absolute atomic E-state index is 0.0224. The van der Waals surface area contributed by atoms with Crippen molar-refractivity contribution in [1.29, 1.82) is 5.26 Å². The van der Waals surface area contributed by atoms with Gasteiger partial charge < -0.3 is 14.8 Å². The highest BCUT2D eigenvalue weighted by atomic mass is 19.1. The minimum atomic E-state index is -0.952. The molecule has 0 radical (unpaired) electrons. The van der Waals surface area contributed by atoms with Crippen LogP contribution < -0.4 is 15.6 Å². The Morgan fingerprint density at radius 1 is 1.18 bits per heavy atom. The van der Waals surface area contributed by atoms with Crippen LogP contribution in [0.4, 0.5) is 8.78 Å². The average Bonchev–Trinajstić information content (AvgIpc) is 3.44. The van der Waals surface area contributed by atoms with Crippen molar-refractivity contribution in [2.75, 3.05) is 26.9 Å². The first-order chi connectivity index (χ1) is 18.4. The zero-order valence-electron chi connectivity index (χ0n) is 20.9. The van der Waals surface area contributed by atoms with Crippen molar-refractivity contribution < 1.29 is 18.3 Å². The molecule has 3 heterocycles. The lowest BCUT2D eigenvalue weighted by Crippen LogP contribution is -2.29. The fourth-order valence-electron chi connectivity index (χ4n) is 4.73. The fourth-order valence-corrected chi connectivity index (χ4v) is 4.73. The second-order valence-corrected chi connectivity index (χ2v) is 9.06. The predicted molar refractivity (Wildman–Crippen MR) is 137 cm³/mol. The van der Waals surface area contributed by atoms with Crippen molar-refractivity contribution in [3.05, 3.63) is 81.7 Å². The Labute approximate surface area is 217 Å². The normalized spacial score (nSPS) is 15.1. The molecular weight excluding hydrogens is 492 g/mol. The molecule has 0 bridgehead atoms. The van der Waals surface area contributed by atoms with E-state index >= 15 is 8.78 Å². The molecule has 1 saturated heterocycles. The van der Waals surface area contributed by atoms with E-state index in [2.05, 4.69) is 16.4 Å². The standard InChI is InChI=1S/C28H25F2N5O3/c1-16-10-18(5-7-32-16)20-11-17(15-31)12-21-25(20)34-27(24-4-3-6-33-24)35(28(21)36)19-13-22(29)26(23(30)14-19)38-9-8-37-2/h5,7,10-14,24,33H,3-4,6,8-9H2,1-2H3. The number of nitrogens with zero attached hydrogens (tertiary/aromatic N) is 4. The molecule has 2 aromatic heterocycles. The summed E-state index contributed by atoms with van der Waals surface area (Å²) in [4.78, 5) is 23.2. The Morgan fingerprint density at radius 2 is 1.97 bits per heavy atom. The maximum atomic E-state index is 15.0. The molecule has 1 N–H and O–H groups in total. The summed E-state index contributed by atoms with van der Waals surface area (Å²) in [5, 5.41) is 13.2. The minimum Gasteiger partial charge on any atom is -0.485 e. The molecule has 1 unspecified atom stereocenters. The molecule has 0 spiro atoms. The molecule has 194 valence electrons. The third-order valence-electron chi connectivity index (χ3n) is 6.48. The Hall–Kier alpha value is -4.20. The first kappa shape index (κ1) is 25.4. The summed E-state index contributed by atoms with van der Waals surface area (Å²) in [6.45, 7) is 2.69. The number of nitrogens with one attached hydrogen (secondary N) is 1. The van der Waals surface area contributed by atoms with Crippen molar-refractivity contribution >= 4 is 10.9 Å². The van der Waals surface area contributed by atoms with E-state index in [1.807, 2.05) is 13.0 Å². The maximum absolute atomic E-state index is 15.0. The number of ether oxygens (including phenoxy) is 2. The van der Waals surface area contributed by atoms with Crippen LogP contribution in [0.5, 0.6) is 5.75 Å². The van der Waals surface area contributed by atoms with Crippen molar-refractivity contribution in [2.45, 2.75) is 25.8 Å². The lowest BCUT2D eigenvalue weighted by atomic mass is 9.99. The van der Waals surface area contributed by atoms with Crippen molar-refractivity contribution in [1.82, 2.24) is 19.9 Å². The second-order valence-electron chi connectivity index (χ2n) is 9.06. The molecular formula is C28H25F2N5O3. The second kappa shape index (κ2) is 10.7. The van der Waals surface area contributed by atoms with E-state index in [1.54, 1.807) is 18.3 Å². The number of hydrogen-bond acceptors (Lipinski definition) is 7. The summed E-state index contributed by atoms with van der Waals surface area (Å²) in [7, 11) is 1.45. The summed E-state index contributed by atoms with van der Waals surface area (Å²) < 4.78 is 41.3. The van der Waals surface area contributed by atoms with E-state index in [0.717, 1.165) is 36.4 Å². The number of aryl methyl sites for hydroxylation is 1. The van der Waals surface area contributed by atoms with E-state index < -0.39 is 22.9 Å². The summed E-state index contributed by atoms with van der Waals surface area (Å²) in [6, 6.07) is 10.7. The molecule has 8 nitrogen and oxygen atoms in total. The van der Waals surface area contributed by atoms with Crippen LogP contribution in [0.3, 0.4) is 0 Å². The van der Waals surface area contributed by atoms with Crippen LogP contribution in [0.1, 0.15) is 36.0 Å². The third-order valence-corrected chi connectivity index (χ3v) is 6.48. The van der Waals surface area contributed by atoms with Gasteiger partial charge in [-0.2, -0.15) is 5.26 Å². The number of pyridine rings is 1. The Balaban J connectivity index is 1.78. The van der Waals surface area contributed by atoms with E-state index in [1.165, 1.54) is 17.7 Å². The van der Waals surface area contributed by atoms with Gasteiger partial charge in [-0.05, 0) is 56.1 Å². The topological polar surface area (TPSA) is 102 Å². The van der Waals surface area contributed by atoms with Crippen LogP contribution in [0.25, 0.3) is 27.7 Å². The molecule has 10 heteroatoms. The fraction of sp³-hybridized carbons (Fsp3) is 0.286. The predicted octanol–water partition coefficient (Wildman–Crippen LogP) is 4.36. The highest BCUT2D eigenvalue weighted by molar-refractivity contribution is 5.94. The lowest BCUT2D eigenvalue weighted by Gasteiger charge is -2.20. The van der Waals surface area contributed by atoms with Gasteiger partial charge in [0.25, 0.3) is 5.56 Å². The Bertz CT molecular complexity index is 1600. The largest absolute Gasteiger partial charge is 0.485 e. The van der Waals surface area contributed by atoms with Gasteiger partial charge >= 0.3 is 0 Å². The number of fused-ring (bicyclic) bond motifs is 1. The molecule has 0 saturated carbocycles. The number of methoxy groups -OCH3 is 1. The van der Waals surface area contributed by atoms with Gasteiger partial charge in [0, 0.05) is 36.7 Å². The smallest absolute Gasteiger partial charge is 0.266 e. The summed E-state index contributed by atoms with van der Waals surface area (Å²) >= 11 is 0. The quantitative estimate of drug-likeness (QED) is 0.364. The molecule has 1 aliphatic rings. The van der Waals surface area contributed by atoms with Crippen LogP contribution in [0.2, 0.25) is 0 Å². The molecule has 1 aliphatic heterocycles. The number of aromatic nitrogens is 3. The zero-order chi connectivity index (χ0) is 26.8. The van der Waals surface area contributed by atoms with Crippen molar-refractivity contribution in [2.24, 2.45) is 0 Å². The zero-order valence-corrected chi connectivity index (χ0v) is 20.9. The maximum Gasteiger partial charge on any atom is 0.266 e. The summed E-state index contributed by atoms with van der Waals surface area (Å²) in [5.41, 5.74) is 2.23. The Morgan fingerprint density at radius 3 is 2.63 bits per heavy atom. The van der Waals surface area contributed by atoms with E-state index in [9.17, 15) is 10.1 Å². The van der Waals surface area contributed by atoms with Crippen molar-refractivity contribution in [3.63, 3.8) is 0 Å². The van der Waals surface area contributed by atoms with Crippen LogP contribution in [-0.4, -0.2) is 41.4 Å². The molecule has 0 aliphatic carbocycles. The van der Waals surface area contributed by atoms with Gasteiger partial charge in [-0.25, -0.2) is 13.8 Å². The highest BCUT2D eigenvalue weighted by Crippen LogP contribution is 2.32. The van der Waals surface area contributed by atoms with Crippen molar-refractivity contribution in [3.8, 4) is 28.6 Å². The van der Waals surface area contributed by atoms with Gasteiger partial charge in [-0.15, -0.1) is 0 Å². The van der Waals surface area contributed by atoms with E-state index in [-0.39, 0.29) is 35.9 Å². The number of hydrogen-bond donors (Lipinski definition) is 1. The SMILES string of the molecule is COCCOc1c(F)cc(-n2c(C3CCCN3)nc3c(-c4ccnc(C)c4)cc(C#N)cc3c2=O)cc1F. The first-order valence-corrected chi connectivity index (χ1v) is 12.2. The first-order valence-electron chi connectivity index (χ1n) is 12.2. The molecule has 0 amide bonds. The van der Waals surface area contributed by atoms with Gasteiger partial charge in [-0.3, -0.25) is 14.3 Å². The monoisotopic (exact) mass is 517 g/mol. The summed E-state index contributed by atoms with van der Waals surface area (Å²) in [5.74, 6) is -2.11. The van der Waals surface area contributed by atoms with Crippen LogP contribution in [-0.2, 0) is 4.74 Å². The Kier molecular flexibility index (Phi) is 7.13. The molecule has 38 heavy (non-hydrogen) atoms. The molecule has 4 aromatic rings. The molecule has 1 atom stereocenters. The number of rotatable bonds is 7. The molecule has 2 aromatic carbocycles. The number of benzene rings is 2. The van der Waals surface area contributed by atoms with Crippen LogP contribution >= 0.6 is 0 Å². The van der Waals surface area contributed by atoms with E-state index in [0.29, 0.717) is 23.3 Å². The van der Waals surface area contributed by atoms with Crippen LogP contribution in [0, 0.1) is 29.9 Å². The molecule has 1 fully saturated rings. The number of nitriles is 1. The highest BCUT2D eigenvalue weighted by Gasteiger charge is 2.26. The van der Waals surface area contributed by atoms with Gasteiger partial charge in [0.15, 0.2) is 17.4 Å². The van der Waals surface area contributed by atoms with Gasteiger partial charge in [0.2, 0.25) is 0 Å². The third kappa shape index (κ3) is 4.74. The van der Waals surface area contributed by atoms with E-state index in [4.69, 9.17) is 14.5 Å². The average molecular weight is 518 g/mol. The molecule has 5 rings (SSSR count). The van der Waals surface area contributed by atoms with Gasteiger partial charge in [0.1, 0.15) is 12.4 Å².